The lowest BCUT2D eigenvalue weighted by molar-refractivity contribution is 0.0918. The minimum Gasteiger partial charge on any atom is -0.497 e. The molecule has 0 saturated heterocycles. The molecular weight excluding hydrogens is 275 g/mol. The largest absolute Gasteiger partial charge is 0.497 e. The highest BCUT2D eigenvalue weighted by Crippen LogP contribution is 2.21. The Hall–Kier alpha value is -2.56. The van der Waals surface area contributed by atoms with Gasteiger partial charge in [0.05, 0.1) is 19.8 Å². The average molecular weight is 290 g/mol. The third-order valence-electron chi connectivity index (χ3n) is 2.89. The Labute approximate surface area is 122 Å². The zero-order chi connectivity index (χ0) is 15.2. The second-order valence-corrected chi connectivity index (χ2v) is 4.23. The molecule has 0 aliphatic carbocycles. The smallest absolute Gasteiger partial charge is 0.204 e. The lowest BCUT2D eigenvalue weighted by atomic mass is 10.1. The predicted octanol–water partition coefficient (Wildman–Crippen LogP) is 3.10. The molecule has 0 aliphatic rings. The summed E-state index contributed by atoms with van der Waals surface area (Å²) in [6.07, 6.45) is 0. The van der Waals surface area contributed by atoms with Crippen molar-refractivity contribution in [2.24, 2.45) is 0 Å². The quantitative estimate of drug-likeness (QED) is 0.767. The van der Waals surface area contributed by atoms with Crippen LogP contribution in [0.3, 0.4) is 0 Å². The van der Waals surface area contributed by atoms with E-state index in [0.717, 1.165) is 6.07 Å². The summed E-state index contributed by atoms with van der Waals surface area (Å²) in [5, 5.41) is 0. The van der Waals surface area contributed by atoms with Crippen molar-refractivity contribution < 1.29 is 23.4 Å². The zero-order valence-electron chi connectivity index (χ0n) is 11.8. The van der Waals surface area contributed by atoms with Crippen LogP contribution in [0.25, 0.3) is 0 Å². The molecule has 21 heavy (non-hydrogen) atoms. The van der Waals surface area contributed by atoms with Crippen LogP contribution in [-0.4, -0.2) is 26.6 Å². The van der Waals surface area contributed by atoms with Gasteiger partial charge in [-0.25, -0.2) is 4.39 Å². The minimum atomic E-state index is -0.497. The molecule has 110 valence electrons. The van der Waals surface area contributed by atoms with Crippen LogP contribution in [0.1, 0.15) is 10.4 Å². The van der Waals surface area contributed by atoms with E-state index in [2.05, 4.69) is 0 Å². The van der Waals surface area contributed by atoms with Gasteiger partial charge in [0.25, 0.3) is 0 Å². The first-order valence-corrected chi connectivity index (χ1v) is 6.27. The van der Waals surface area contributed by atoms with Crippen molar-refractivity contribution in [3.05, 3.63) is 53.8 Å². The Balaban J connectivity index is 2.05. The standard InChI is InChI=1S/C16H15FO4/c1-19-12-4-6-13(7-5-12)21-10-15(18)14-9-11(17)3-8-16(14)20-2/h3-9H,10H2,1-2H3. The summed E-state index contributed by atoms with van der Waals surface area (Å²) in [4.78, 5) is 12.1. The van der Waals surface area contributed by atoms with E-state index >= 15 is 0 Å². The van der Waals surface area contributed by atoms with Crippen molar-refractivity contribution in [1.82, 2.24) is 0 Å². The maximum absolute atomic E-state index is 13.2. The number of hydrogen-bond acceptors (Lipinski definition) is 4. The van der Waals surface area contributed by atoms with Crippen LogP contribution in [0.5, 0.6) is 17.2 Å². The molecular formula is C16H15FO4. The normalized spacial score (nSPS) is 10.0. The molecule has 0 atom stereocenters. The van der Waals surface area contributed by atoms with E-state index < -0.39 is 5.82 Å². The lowest BCUT2D eigenvalue weighted by Crippen LogP contribution is -2.13. The van der Waals surface area contributed by atoms with Gasteiger partial charge in [0.1, 0.15) is 23.1 Å². The third kappa shape index (κ3) is 3.72. The number of halogens is 1. The number of ether oxygens (including phenoxy) is 3. The molecule has 2 aromatic rings. The first-order valence-electron chi connectivity index (χ1n) is 6.27. The van der Waals surface area contributed by atoms with E-state index in [9.17, 15) is 9.18 Å². The van der Waals surface area contributed by atoms with Gasteiger partial charge in [-0.3, -0.25) is 4.79 Å². The molecule has 0 fully saturated rings. The van der Waals surface area contributed by atoms with Crippen molar-refractivity contribution >= 4 is 5.78 Å². The molecule has 0 radical (unpaired) electrons. The highest BCUT2D eigenvalue weighted by atomic mass is 19.1. The van der Waals surface area contributed by atoms with Crippen LogP contribution in [0.4, 0.5) is 4.39 Å². The molecule has 5 heteroatoms. The van der Waals surface area contributed by atoms with Crippen LogP contribution >= 0.6 is 0 Å². The summed E-state index contributed by atoms with van der Waals surface area (Å²) in [5.41, 5.74) is 0.158. The molecule has 2 rings (SSSR count). The summed E-state index contributed by atoms with van der Waals surface area (Å²) in [6, 6.07) is 10.6. The number of rotatable bonds is 6. The second kappa shape index (κ2) is 6.74. The van der Waals surface area contributed by atoms with Gasteiger partial charge in [-0.1, -0.05) is 0 Å². The third-order valence-corrected chi connectivity index (χ3v) is 2.89. The highest BCUT2D eigenvalue weighted by Gasteiger charge is 2.14. The van der Waals surface area contributed by atoms with E-state index in [1.54, 1.807) is 31.4 Å². The summed E-state index contributed by atoms with van der Waals surface area (Å²) >= 11 is 0. The molecule has 0 N–H and O–H groups in total. The summed E-state index contributed by atoms with van der Waals surface area (Å²) in [5.74, 6) is 0.686. The Morgan fingerprint density at radius 1 is 1.00 bits per heavy atom. The molecule has 2 aromatic carbocycles. The Bertz CT molecular complexity index is 623. The number of benzene rings is 2. The molecule has 4 nitrogen and oxygen atoms in total. The van der Waals surface area contributed by atoms with E-state index in [4.69, 9.17) is 14.2 Å². The monoisotopic (exact) mass is 290 g/mol. The minimum absolute atomic E-state index is 0.158. The molecule has 0 amide bonds. The van der Waals surface area contributed by atoms with Gasteiger partial charge in [0.15, 0.2) is 6.61 Å². The van der Waals surface area contributed by atoms with E-state index in [0.29, 0.717) is 17.2 Å². The fourth-order valence-electron chi connectivity index (χ4n) is 1.80. The van der Waals surface area contributed by atoms with Crippen molar-refractivity contribution in [2.75, 3.05) is 20.8 Å². The Morgan fingerprint density at radius 2 is 1.67 bits per heavy atom. The van der Waals surface area contributed by atoms with Crippen molar-refractivity contribution in [2.45, 2.75) is 0 Å². The van der Waals surface area contributed by atoms with Crippen LogP contribution < -0.4 is 14.2 Å². The summed E-state index contributed by atoms with van der Waals surface area (Å²) in [6.45, 7) is -0.202. The number of methoxy groups -OCH3 is 2. The van der Waals surface area contributed by atoms with Gasteiger partial charge in [-0.05, 0) is 42.5 Å². The number of ketones is 1. The second-order valence-electron chi connectivity index (χ2n) is 4.23. The fraction of sp³-hybridized carbons (Fsp3) is 0.188. The molecule has 0 heterocycles. The number of Topliss-reactive ketones (excluding diaryl/α,β-unsaturated/α-hetero) is 1. The topological polar surface area (TPSA) is 44.8 Å². The maximum atomic E-state index is 13.2. The highest BCUT2D eigenvalue weighted by molar-refractivity contribution is 5.99. The van der Waals surface area contributed by atoms with Crippen molar-refractivity contribution in [3.8, 4) is 17.2 Å². The number of carbonyl (C=O) groups is 1. The first-order chi connectivity index (χ1) is 10.1. The van der Waals surface area contributed by atoms with Crippen LogP contribution in [0.2, 0.25) is 0 Å². The van der Waals surface area contributed by atoms with Gasteiger partial charge in [-0.2, -0.15) is 0 Å². The van der Waals surface area contributed by atoms with Crippen LogP contribution in [-0.2, 0) is 0 Å². The van der Waals surface area contributed by atoms with Crippen LogP contribution in [0.15, 0.2) is 42.5 Å². The van der Waals surface area contributed by atoms with Gasteiger partial charge in [0, 0.05) is 0 Å². The lowest BCUT2D eigenvalue weighted by Gasteiger charge is -2.09. The fourth-order valence-corrected chi connectivity index (χ4v) is 1.80. The van der Waals surface area contributed by atoms with Gasteiger partial charge in [0.2, 0.25) is 5.78 Å². The number of carbonyl (C=O) groups excluding carboxylic acids is 1. The van der Waals surface area contributed by atoms with Crippen molar-refractivity contribution in [1.29, 1.82) is 0 Å². The average Bonchev–Trinajstić information content (AvgIpc) is 2.53. The van der Waals surface area contributed by atoms with Crippen LogP contribution in [0, 0.1) is 5.82 Å². The molecule has 0 saturated carbocycles. The van der Waals surface area contributed by atoms with Crippen molar-refractivity contribution in [3.63, 3.8) is 0 Å². The molecule has 0 unspecified atom stereocenters. The molecule has 0 spiro atoms. The van der Waals surface area contributed by atoms with E-state index in [1.807, 2.05) is 0 Å². The molecule has 0 aliphatic heterocycles. The first kappa shape index (κ1) is 14.8. The Kier molecular flexibility index (Phi) is 4.77. The summed E-state index contributed by atoms with van der Waals surface area (Å²) in [7, 11) is 2.99. The van der Waals surface area contributed by atoms with E-state index in [1.165, 1.54) is 19.2 Å². The molecule has 0 bridgehead atoms. The van der Waals surface area contributed by atoms with Gasteiger partial charge in [-0.15, -0.1) is 0 Å². The van der Waals surface area contributed by atoms with Gasteiger partial charge < -0.3 is 14.2 Å². The predicted molar refractivity (Wildman–Crippen MR) is 75.8 cm³/mol. The Morgan fingerprint density at radius 3 is 2.29 bits per heavy atom. The SMILES string of the molecule is COc1ccc(OCC(=O)c2cc(F)ccc2OC)cc1. The number of hydrogen-bond donors (Lipinski definition) is 0. The molecule has 0 aromatic heterocycles. The zero-order valence-corrected chi connectivity index (χ0v) is 11.8. The maximum Gasteiger partial charge on any atom is 0.204 e. The van der Waals surface area contributed by atoms with E-state index in [-0.39, 0.29) is 18.0 Å². The van der Waals surface area contributed by atoms with Gasteiger partial charge >= 0.3 is 0 Å². The summed E-state index contributed by atoms with van der Waals surface area (Å²) < 4.78 is 28.7.